The van der Waals surface area contributed by atoms with E-state index in [0.29, 0.717) is 28.9 Å². The lowest BCUT2D eigenvalue weighted by atomic mass is 10.1. The van der Waals surface area contributed by atoms with Gasteiger partial charge >= 0.3 is 0 Å². The van der Waals surface area contributed by atoms with Crippen molar-refractivity contribution in [1.82, 2.24) is 4.98 Å². The minimum atomic E-state index is -3.77. The highest BCUT2D eigenvalue weighted by Crippen LogP contribution is 2.35. The van der Waals surface area contributed by atoms with Crippen LogP contribution >= 0.6 is 0 Å². The second-order valence-electron chi connectivity index (χ2n) is 7.04. The fourth-order valence-corrected chi connectivity index (χ4v) is 4.69. The predicted octanol–water partition coefficient (Wildman–Crippen LogP) is 5.00. The van der Waals surface area contributed by atoms with Gasteiger partial charge in [0, 0.05) is 18.1 Å². The van der Waals surface area contributed by atoms with Crippen molar-refractivity contribution in [2.75, 3.05) is 12.4 Å². The molecule has 0 unspecified atom stereocenters. The maximum atomic E-state index is 13.5. The van der Waals surface area contributed by atoms with Crippen molar-refractivity contribution in [2.24, 2.45) is 0 Å². The molecule has 0 saturated heterocycles. The standard InChI is InChI=1S/C24H22N2O3S/c1-17-8-11-20(12-9-17)30(27,28)23-16-25-22-13-10-19(29-2)14-21(22)24(23)26-15-18-6-4-3-5-7-18/h3-14,16H,15H2,1-2H3,(H,25,26). The molecule has 0 radical (unpaired) electrons. The summed E-state index contributed by atoms with van der Waals surface area (Å²) in [5.74, 6) is 0.636. The van der Waals surface area contributed by atoms with E-state index in [-0.39, 0.29) is 9.79 Å². The van der Waals surface area contributed by atoms with Crippen molar-refractivity contribution in [1.29, 1.82) is 0 Å². The normalized spacial score (nSPS) is 11.4. The van der Waals surface area contributed by atoms with Gasteiger partial charge in [-0.15, -0.1) is 0 Å². The molecule has 0 aliphatic rings. The number of pyridine rings is 1. The van der Waals surface area contributed by atoms with Gasteiger partial charge in [0.15, 0.2) is 0 Å². The first-order valence-corrected chi connectivity index (χ1v) is 11.0. The van der Waals surface area contributed by atoms with Crippen molar-refractivity contribution in [3.63, 3.8) is 0 Å². The number of fused-ring (bicyclic) bond motifs is 1. The van der Waals surface area contributed by atoms with E-state index in [4.69, 9.17) is 4.74 Å². The van der Waals surface area contributed by atoms with E-state index in [1.54, 1.807) is 31.4 Å². The number of hydrogen-bond donors (Lipinski definition) is 1. The van der Waals surface area contributed by atoms with Crippen LogP contribution in [-0.4, -0.2) is 20.5 Å². The first-order chi connectivity index (χ1) is 14.5. The second kappa shape index (κ2) is 8.16. The highest BCUT2D eigenvalue weighted by Gasteiger charge is 2.24. The third-order valence-electron chi connectivity index (χ3n) is 4.97. The summed E-state index contributed by atoms with van der Waals surface area (Å²) >= 11 is 0. The molecule has 1 aromatic heterocycles. The zero-order chi connectivity index (χ0) is 21.1. The summed E-state index contributed by atoms with van der Waals surface area (Å²) in [6.07, 6.45) is 1.43. The third kappa shape index (κ3) is 3.86. The largest absolute Gasteiger partial charge is 0.497 e. The molecule has 0 atom stereocenters. The minimum absolute atomic E-state index is 0.142. The Kier molecular flexibility index (Phi) is 5.42. The zero-order valence-electron chi connectivity index (χ0n) is 16.8. The number of nitrogens with one attached hydrogen (secondary N) is 1. The lowest BCUT2D eigenvalue weighted by Gasteiger charge is -2.16. The molecule has 1 N–H and O–H groups in total. The van der Waals surface area contributed by atoms with Gasteiger partial charge in [-0.3, -0.25) is 4.98 Å². The van der Waals surface area contributed by atoms with Crippen LogP contribution in [-0.2, 0) is 16.4 Å². The highest BCUT2D eigenvalue weighted by atomic mass is 32.2. The molecule has 5 nitrogen and oxygen atoms in total. The topological polar surface area (TPSA) is 68.3 Å². The SMILES string of the molecule is COc1ccc2ncc(S(=O)(=O)c3ccc(C)cc3)c(NCc3ccccc3)c2c1. The predicted molar refractivity (Wildman–Crippen MR) is 119 cm³/mol. The Bertz CT molecular complexity index is 1290. The van der Waals surface area contributed by atoms with Gasteiger partial charge in [0.05, 0.1) is 23.2 Å². The molecule has 152 valence electrons. The van der Waals surface area contributed by atoms with Gasteiger partial charge in [0.25, 0.3) is 0 Å². The summed E-state index contributed by atoms with van der Waals surface area (Å²) < 4.78 is 32.3. The maximum Gasteiger partial charge on any atom is 0.210 e. The summed E-state index contributed by atoms with van der Waals surface area (Å²) in [5, 5.41) is 4.03. The van der Waals surface area contributed by atoms with Gasteiger partial charge < -0.3 is 10.1 Å². The summed E-state index contributed by atoms with van der Waals surface area (Å²) in [4.78, 5) is 4.78. The molecule has 0 aliphatic heterocycles. The van der Waals surface area contributed by atoms with Gasteiger partial charge in [-0.1, -0.05) is 48.0 Å². The van der Waals surface area contributed by atoms with Gasteiger partial charge in [0.1, 0.15) is 10.6 Å². The minimum Gasteiger partial charge on any atom is -0.497 e. The van der Waals surface area contributed by atoms with Crippen LogP contribution in [0.2, 0.25) is 0 Å². The Labute approximate surface area is 176 Å². The quantitative estimate of drug-likeness (QED) is 0.477. The molecule has 0 spiro atoms. The van der Waals surface area contributed by atoms with Gasteiger partial charge in [-0.05, 0) is 42.8 Å². The average Bonchev–Trinajstić information content (AvgIpc) is 2.77. The fraction of sp³-hybridized carbons (Fsp3) is 0.125. The van der Waals surface area contributed by atoms with E-state index in [1.165, 1.54) is 6.20 Å². The number of sulfone groups is 1. The van der Waals surface area contributed by atoms with Gasteiger partial charge in [0.2, 0.25) is 9.84 Å². The average molecular weight is 419 g/mol. The Morgan fingerprint density at radius 3 is 2.40 bits per heavy atom. The van der Waals surface area contributed by atoms with Crippen molar-refractivity contribution < 1.29 is 13.2 Å². The molecule has 0 fully saturated rings. The van der Waals surface area contributed by atoms with Crippen LogP contribution in [0, 0.1) is 6.92 Å². The molecule has 4 aromatic rings. The lowest BCUT2D eigenvalue weighted by molar-refractivity contribution is 0.415. The molecule has 6 heteroatoms. The fourth-order valence-electron chi connectivity index (χ4n) is 3.30. The van der Waals surface area contributed by atoms with Crippen molar-refractivity contribution in [2.45, 2.75) is 23.3 Å². The molecular formula is C24H22N2O3S. The van der Waals surface area contributed by atoms with Gasteiger partial charge in [-0.2, -0.15) is 0 Å². The lowest BCUT2D eigenvalue weighted by Crippen LogP contribution is -2.09. The second-order valence-corrected chi connectivity index (χ2v) is 8.95. The zero-order valence-corrected chi connectivity index (χ0v) is 17.6. The molecule has 0 amide bonds. The first-order valence-electron chi connectivity index (χ1n) is 9.55. The highest BCUT2D eigenvalue weighted by molar-refractivity contribution is 7.91. The van der Waals surface area contributed by atoms with Crippen LogP contribution in [0.4, 0.5) is 5.69 Å². The van der Waals surface area contributed by atoms with E-state index in [2.05, 4.69) is 10.3 Å². The first kappa shape index (κ1) is 19.9. The van der Waals surface area contributed by atoms with Crippen molar-refractivity contribution in [3.8, 4) is 5.75 Å². The van der Waals surface area contributed by atoms with Gasteiger partial charge in [-0.25, -0.2) is 8.42 Å². The van der Waals surface area contributed by atoms with E-state index in [0.717, 1.165) is 11.1 Å². The maximum absolute atomic E-state index is 13.5. The van der Waals surface area contributed by atoms with Crippen LogP contribution in [0.25, 0.3) is 10.9 Å². The smallest absolute Gasteiger partial charge is 0.210 e. The number of ether oxygens (including phenoxy) is 1. The number of methoxy groups -OCH3 is 1. The third-order valence-corrected chi connectivity index (χ3v) is 6.75. The number of nitrogens with zero attached hydrogens (tertiary/aromatic N) is 1. The molecule has 0 saturated carbocycles. The number of aromatic nitrogens is 1. The van der Waals surface area contributed by atoms with Crippen LogP contribution in [0.5, 0.6) is 5.75 Å². The number of benzene rings is 3. The molecular weight excluding hydrogens is 396 g/mol. The van der Waals surface area contributed by atoms with Crippen LogP contribution in [0.1, 0.15) is 11.1 Å². The summed E-state index contributed by atoms with van der Waals surface area (Å²) in [6, 6.07) is 22.1. The van der Waals surface area contributed by atoms with E-state index in [1.807, 2.05) is 55.5 Å². The van der Waals surface area contributed by atoms with Crippen LogP contribution in [0.3, 0.4) is 0 Å². The number of hydrogen-bond acceptors (Lipinski definition) is 5. The Balaban J connectivity index is 1.88. The monoisotopic (exact) mass is 418 g/mol. The van der Waals surface area contributed by atoms with Crippen molar-refractivity contribution >= 4 is 26.4 Å². The Morgan fingerprint density at radius 2 is 1.70 bits per heavy atom. The van der Waals surface area contributed by atoms with Crippen molar-refractivity contribution in [3.05, 3.63) is 90.1 Å². The summed E-state index contributed by atoms with van der Waals surface area (Å²) in [5.41, 5.74) is 3.25. The Morgan fingerprint density at radius 1 is 0.967 bits per heavy atom. The number of anilines is 1. The molecule has 1 heterocycles. The summed E-state index contributed by atoms with van der Waals surface area (Å²) in [7, 11) is -2.19. The summed E-state index contributed by atoms with van der Waals surface area (Å²) in [6.45, 7) is 2.40. The van der Waals surface area contributed by atoms with Crippen LogP contribution in [0.15, 0.2) is 88.8 Å². The van der Waals surface area contributed by atoms with E-state index < -0.39 is 9.84 Å². The van der Waals surface area contributed by atoms with E-state index >= 15 is 0 Å². The number of rotatable bonds is 6. The van der Waals surface area contributed by atoms with Crippen LogP contribution < -0.4 is 10.1 Å². The molecule has 0 bridgehead atoms. The van der Waals surface area contributed by atoms with E-state index in [9.17, 15) is 8.42 Å². The Hall–Kier alpha value is -3.38. The molecule has 0 aliphatic carbocycles. The molecule has 3 aromatic carbocycles. The number of aryl methyl sites for hydroxylation is 1. The molecule has 4 rings (SSSR count). The molecule has 30 heavy (non-hydrogen) atoms.